The molecule has 1 heterocycles. The molecule has 8 nitrogen and oxygen atoms in total. The van der Waals surface area contributed by atoms with Crippen molar-refractivity contribution in [1.82, 2.24) is 10.8 Å². The van der Waals surface area contributed by atoms with Gasteiger partial charge in [-0.1, -0.05) is 5.16 Å². The van der Waals surface area contributed by atoms with Crippen LogP contribution in [0.2, 0.25) is 0 Å². The zero-order valence-corrected chi connectivity index (χ0v) is 14.0. The third-order valence-corrected chi connectivity index (χ3v) is 3.26. The number of nitrogens with zero attached hydrogens (tertiary/aromatic N) is 1. The molecule has 0 bridgehead atoms. The van der Waals surface area contributed by atoms with Crippen molar-refractivity contribution in [2.75, 3.05) is 20.8 Å². The van der Waals surface area contributed by atoms with E-state index in [0.29, 0.717) is 6.07 Å². The minimum Gasteiger partial charge on any atom is -0.486 e. The SMILES string of the molecule is CO/N=C(\CC(=O)NC1C=C(C(=O)NOC)OC1)c1cc(F)cc(F)c1. The number of amides is 2. The number of hydrogen-bond donors (Lipinski definition) is 2. The molecule has 2 rings (SSSR count). The van der Waals surface area contributed by atoms with Gasteiger partial charge in [-0.05, 0) is 18.2 Å². The molecule has 0 saturated heterocycles. The molecule has 1 aromatic carbocycles. The predicted octanol–water partition coefficient (Wildman–Crippen LogP) is 0.782. The van der Waals surface area contributed by atoms with Gasteiger partial charge < -0.3 is 14.9 Å². The van der Waals surface area contributed by atoms with Crippen molar-refractivity contribution in [3.63, 3.8) is 0 Å². The summed E-state index contributed by atoms with van der Waals surface area (Å²) in [5.74, 6) is -2.67. The molecule has 0 radical (unpaired) electrons. The highest BCUT2D eigenvalue weighted by Crippen LogP contribution is 2.13. The lowest BCUT2D eigenvalue weighted by Crippen LogP contribution is -2.35. The van der Waals surface area contributed by atoms with Crippen molar-refractivity contribution in [2.45, 2.75) is 12.5 Å². The summed E-state index contributed by atoms with van der Waals surface area (Å²) in [4.78, 5) is 32.8. The molecule has 1 aromatic rings. The highest BCUT2D eigenvalue weighted by molar-refractivity contribution is 6.10. The van der Waals surface area contributed by atoms with Crippen LogP contribution in [-0.4, -0.2) is 44.4 Å². The van der Waals surface area contributed by atoms with Crippen LogP contribution in [0, 0.1) is 11.6 Å². The number of ether oxygens (including phenoxy) is 1. The van der Waals surface area contributed by atoms with Gasteiger partial charge >= 0.3 is 5.91 Å². The van der Waals surface area contributed by atoms with Gasteiger partial charge in [0.15, 0.2) is 5.76 Å². The molecule has 1 unspecified atom stereocenters. The van der Waals surface area contributed by atoms with Crippen LogP contribution < -0.4 is 10.8 Å². The van der Waals surface area contributed by atoms with Crippen LogP contribution in [0.1, 0.15) is 12.0 Å². The molecule has 2 amide bonds. The van der Waals surface area contributed by atoms with Gasteiger partial charge in [0.05, 0.1) is 25.3 Å². The summed E-state index contributed by atoms with van der Waals surface area (Å²) in [6.07, 6.45) is 1.13. The van der Waals surface area contributed by atoms with E-state index in [1.807, 2.05) is 0 Å². The van der Waals surface area contributed by atoms with Gasteiger partial charge in [0, 0.05) is 11.6 Å². The van der Waals surface area contributed by atoms with Crippen LogP contribution in [0.3, 0.4) is 0 Å². The molecule has 0 aromatic heterocycles. The van der Waals surface area contributed by atoms with Crippen molar-refractivity contribution in [3.8, 4) is 0 Å². The number of carbonyl (C=O) groups is 2. The zero-order valence-electron chi connectivity index (χ0n) is 14.0. The monoisotopic (exact) mass is 369 g/mol. The highest BCUT2D eigenvalue weighted by Gasteiger charge is 2.24. The van der Waals surface area contributed by atoms with E-state index < -0.39 is 29.5 Å². The van der Waals surface area contributed by atoms with Crippen LogP contribution in [0.15, 0.2) is 35.2 Å². The molecular weight excluding hydrogens is 352 g/mol. The third kappa shape index (κ3) is 5.24. The molecule has 10 heteroatoms. The summed E-state index contributed by atoms with van der Waals surface area (Å²) in [5, 5.41) is 6.26. The lowest BCUT2D eigenvalue weighted by Gasteiger charge is -2.11. The lowest BCUT2D eigenvalue weighted by molar-refractivity contribution is -0.130. The van der Waals surface area contributed by atoms with Crippen molar-refractivity contribution in [2.24, 2.45) is 5.16 Å². The smallest absolute Gasteiger partial charge is 0.309 e. The number of carbonyl (C=O) groups excluding carboxylic acids is 2. The van der Waals surface area contributed by atoms with Gasteiger partial charge in [-0.2, -0.15) is 0 Å². The maximum atomic E-state index is 13.4. The Bertz CT molecular complexity index is 731. The average Bonchev–Trinajstić information content (AvgIpc) is 3.02. The van der Waals surface area contributed by atoms with E-state index in [1.54, 1.807) is 0 Å². The van der Waals surface area contributed by atoms with E-state index in [0.717, 1.165) is 12.1 Å². The molecule has 1 aliphatic rings. The van der Waals surface area contributed by atoms with E-state index in [1.165, 1.54) is 20.3 Å². The Hall–Kier alpha value is -3.01. The number of benzene rings is 1. The van der Waals surface area contributed by atoms with E-state index in [-0.39, 0.29) is 30.1 Å². The fourth-order valence-corrected chi connectivity index (χ4v) is 2.25. The second-order valence-corrected chi connectivity index (χ2v) is 5.21. The number of hydrogen-bond acceptors (Lipinski definition) is 6. The number of oxime groups is 1. The van der Waals surface area contributed by atoms with Crippen molar-refractivity contribution in [3.05, 3.63) is 47.2 Å². The minimum absolute atomic E-state index is 0.00938. The maximum absolute atomic E-state index is 13.4. The van der Waals surface area contributed by atoms with Crippen LogP contribution in [0.5, 0.6) is 0 Å². The number of rotatable bonds is 7. The normalized spacial score (nSPS) is 16.5. The van der Waals surface area contributed by atoms with Gasteiger partial charge in [-0.15, -0.1) is 0 Å². The number of halogens is 2. The summed E-state index contributed by atoms with van der Waals surface area (Å²) in [5.41, 5.74) is 2.22. The molecule has 26 heavy (non-hydrogen) atoms. The second-order valence-electron chi connectivity index (χ2n) is 5.21. The van der Waals surface area contributed by atoms with E-state index in [2.05, 4.69) is 25.6 Å². The highest BCUT2D eigenvalue weighted by atomic mass is 19.1. The standard InChI is InChI=1S/C16H17F2N3O5/c1-24-20-13(9-3-10(17)5-11(18)4-9)7-15(22)19-12-6-14(26-8-12)16(23)21-25-2/h3-6,12H,7-8H2,1-2H3,(H,19,22)(H,21,23)/b20-13+. The molecule has 1 atom stereocenters. The van der Waals surface area contributed by atoms with Gasteiger partial charge in [0.2, 0.25) is 5.91 Å². The molecule has 0 fully saturated rings. The molecular formula is C16H17F2N3O5. The van der Waals surface area contributed by atoms with Crippen LogP contribution in [-0.2, 0) is 24.0 Å². The zero-order chi connectivity index (χ0) is 19.1. The first-order valence-electron chi connectivity index (χ1n) is 7.46. The summed E-state index contributed by atoms with van der Waals surface area (Å²) in [6, 6.07) is 2.24. The van der Waals surface area contributed by atoms with Crippen LogP contribution in [0.4, 0.5) is 8.78 Å². The van der Waals surface area contributed by atoms with E-state index in [9.17, 15) is 18.4 Å². The van der Waals surface area contributed by atoms with Gasteiger partial charge in [0.25, 0.3) is 0 Å². The van der Waals surface area contributed by atoms with Crippen molar-refractivity contribution < 1.29 is 32.8 Å². The third-order valence-electron chi connectivity index (χ3n) is 3.26. The molecule has 0 spiro atoms. The molecule has 140 valence electrons. The topological polar surface area (TPSA) is 98.2 Å². The Morgan fingerprint density at radius 1 is 1.27 bits per heavy atom. The van der Waals surface area contributed by atoms with Crippen LogP contribution >= 0.6 is 0 Å². The fraction of sp³-hybridized carbons (Fsp3) is 0.312. The first kappa shape index (κ1) is 19.3. The summed E-state index contributed by atoms with van der Waals surface area (Å²) in [6.45, 7) is 0.0591. The summed E-state index contributed by atoms with van der Waals surface area (Å²) in [7, 11) is 2.53. The van der Waals surface area contributed by atoms with Crippen LogP contribution in [0.25, 0.3) is 0 Å². The summed E-state index contributed by atoms with van der Waals surface area (Å²) >= 11 is 0. The largest absolute Gasteiger partial charge is 0.486 e. The summed E-state index contributed by atoms with van der Waals surface area (Å²) < 4.78 is 31.9. The maximum Gasteiger partial charge on any atom is 0.309 e. The van der Waals surface area contributed by atoms with Gasteiger partial charge in [-0.3, -0.25) is 14.4 Å². The number of hydroxylamine groups is 1. The van der Waals surface area contributed by atoms with Gasteiger partial charge in [-0.25, -0.2) is 14.3 Å². The first-order valence-corrected chi connectivity index (χ1v) is 7.46. The Labute approximate surface area is 147 Å². The van der Waals surface area contributed by atoms with Crippen molar-refractivity contribution in [1.29, 1.82) is 0 Å². The Morgan fingerprint density at radius 2 is 1.96 bits per heavy atom. The Morgan fingerprint density at radius 3 is 2.58 bits per heavy atom. The molecule has 0 saturated carbocycles. The quantitative estimate of drug-likeness (QED) is 0.547. The molecule has 1 aliphatic heterocycles. The predicted molar refractivity (Wildman–Crippen MR) is 85.6 cm³/mol. The average molecular weight is 369 g/mol. The Kier molecular flexibility index (Phi) is 6.61. The van der Waals surface area contributed by atoms with Crippen molar-refractivity contribution >= 4 is 17.5 Å². The second kappa shape index (κ2) is 8.90. The lowest BCUT2D eigenvalue weighted by atomic mass is 10.1. The minimum atomic E-state index is -0.801. The molecule has 2 N–H and O–H groups in total. The van der Waals surface area contributed by atoms with Gasteiger partial charge in [0.1, 0.15) is 25.4 Å². The molecule has 0 aliphatic carbocycles. The first-order chi connectivity index (χ1) is 12.4. The van der Waals surface area contributed by atoms with E-state index in [4.69, 9.17) is 4.74 Å². The Balaban J connectivity index is 2.03. The number of nitrogens with one attached hydrogen (secondary N) is 2. The van der Waals surface area contributed by atoms with E-state index >= 15 is 0 Å². The fourth-order valence-electron chi connectivity index (χ4n) is 2.25.